The molecule has 0 unspecified atom stereocenters. The van der Waals surface area contributed by atoms with Crippen LogP contribution in [0.4, 0.5) is 0 Å². The lowest BCUT2D eigenvalue weighted by molar-refractivity contribution is 0.289. The fourth-order valence-corrected chi connectivity index (χ4v) is 11.9. The summed E-state index contributed by atoms with van der Waals surface area (Å²) >= 11 is 0. The molecule has 3 rings (SSSR count). The number of unbranched alkanes of at least 4 members (excludes halogenated alkanes) is 16. The van der Waals surface area contributed by atoms with Gasteiger partial charge in [-0.25, -0.2) is 0 Å². The molecule has 1 fully saturated rings. The van der Waals surface area contributed by atoms with Crippen LogP contribution >= 0.6 is 0 Å². The summed E-state index contributed by atoms with van der Waals surface area (Å²) in [4.78, 5) is 0. The van der Waals surface area contributed by atoms with Crippen LogP contribution in [0, 0.1) is 5.92 Å². The standard InChI is InChI=1S/C44H70OSi/c1-5-6-7-8-9-10-11-12-13-14-15-17-20-25-32-40-39-41(40)33-26-21-18-16-19-22-31-38-45-46(44(2,3)4,42-34-27-23-28-35-42)43-36-29-24-30-37-43/h16,18,23-24,27-30,33-37,40H,5-15,17,19-22,25-26,31-32,38-39H2,1-4H3/b18-16-,41-33+/t40-/m1/s1. The lowest BCUT2D eigenvalue weighted by atomic mass is 10.0. The second-order valence-electron chi connectivity index (χ2n) is 15.1. The Morgan fingerprint density at radius 1 is 0.609 bits per heavy atom. The SMILES string of the molecule is CCCCCCCCCCCCCCCC[C@@H]1C/C1=C\CC/C=C\CCCCO[Si](c1ccccc1)(c1ccccc1)C(C)(C)C. The number of rotatable bonds is 26. The van der Waals surface area contributed by atoms with E-state index in [0.717, 1.165) is 25.4 Å². The third kappa shape index (κ3) is 14.1. The molecule has 0 spiro atoms. The predicted octanol–water partition coefficient (Wildman–Crippen LogP) is 12.9. The molecule has 0 bridgehead atoms. The normalized spacial score (nSPS) is 16.1. The highest BCUT2D eigenvalue weighted by Crippen LogP contribution is 2.42. The number of hydrogen-bond acceptors (Lipinski definition) is 1. The van der Waals surface area contributed by atoms with Gasteiger partial charge in [0.2, 0.25) is 0 Å². The topological polar surface area (TPSA) is 9.23 Å². The van der Waals surface area contributed by atoms with Gasteiger partial charge in [0.05, 0.1) is 0 Å². The molecular weight excluding hydrogens is 573 g/mol. The zero-order valence-corrected chi connectivity index (χ0v) is 31.5. The highest BCUT2D eigenvalue weighted by Gasteiger charge is 2.49. The molecule has 1 nitrogen and oxygen atoms in total. The van der Waals surface area contributed by atoms with Crippen molar-refractivity contribution in [3.63, 3.8) is 0 Å². The molecule has 0 N–H and O–H groups in total. The van der Waals surface area contributed by atoms with Crippen molar-refractivity contribution >= 4 is 18.7 Å². The number of hydrogen-bond donors (Lipinski definition) is 0. The molecule has 0 aliphatic heterocycles. The Hall–Kier alpha value is -1.90. The van der Waals surface area contributed by atoms with E-state index in [9.17, 15) is 0 Å². The third-order valence-electron chi connectivity index (χ3n) is 10.2. The summed E-state index contributed by atoms with van der Waals surface area (Å²) in [7, 11) is -2.40. The first-order valence-corrected chi connectivity index (χ1v) is 21.5. The molecule has 0 amide bonds. The van der Waals surface area contributed by atoms with E-state index in [4.69, 9.17) is 4.43 Å². The van der Waals surface area contributed by atoms with Gasteiger partial charge in [0, 0.05) is 6.61 Å². The van der Waals surface area contributed by atoms with Crippen molar-refractivity contribution < 1.29 is 4.43 Å². The van der Waals surface area contributed by atoms with Gasteiger partial charge in [-0.2, -0.15) is 0 Å². The maximum absolute atomic E-state index is 7.04. The quantitative estimate of drug-likeness (QED) is 0.0563. The smallest absolute Gasteiger partial charge is 0.261 e. The Labute approximate surface area is 286 Å². The summed E-state index contributed by atoms with van der Waals surface area (Å²) in [6, 6.07) is 22.0. The fraction of sp³-hybridized carbons (Fsp3) is 0.636. The minimum atomic E-state index is -2.40. The van der Waals surface area contributed by atoms with Crippen molar-refractivity contribution in [2.45, 2.75) is 168 Å². The molecule has 0 saturated heterocycles. The zero-order chi connectivity index (χ0) is 32.8. The molecule has 1 aliphatic rings. The van der Waals surface area contributed by atoms with Gasteiger partial charge in [-0.1, -0.05) is 202 Å². The molecule has 2 heteroatoms. The second-order valence-corrected chi connectivity index (χ2v) is 19.4. The molecule has 1 atom stereocenters. The lowest BCUT2D eigenvalue weighted by Gasteiger charge is -2.43. The Bertz CT molecular complexity index is 1040. The summed E-state index contributed by atoms with van der Waals surface area (Å²) in [5, 5.41) is 2.80. The van der Waals surface area contributed by atoms with E-state index in [1.54, 1.807) is 5.57 Å². The Balaban J connectivity index is 1.20. The molecule has 2 aromatic rings. The predicted molar refractivity (Wildman–Crippen MR) is 207 cm³/mol. The second kappa shape index (κ2) is 22.6. The molecule has 1 saturated carbocycles. The van der Waals surface area contributed by atoms with Crippen LogP contribution < -0.4 is 10.4 Å². The Morgan fingerprint density at radius 2 is 1.11 bits per heavy atom. The summed E-state index contributed by atoms with van der Waals surface area (Å²) in [5.41, 5.74) is 1.75. The van der Waals surface area contributed by atoms with Gasteiger partial charge >= 0.3 is 0 Å². The maximum Gasteiger partial charge on any atom is 0.261 e. The van der Waals surface area contributed by atoms with Crippen LogP contribution in [-0.2, 0) is 4.43 Å². The van der Waals surface area contributed by atoms with Gasteiger partial charge in [-0.05, 0) is 66.3 Å². The Morgan fingerprint density at radius 3 is 1.63 bits per heavy atom. The minimum Gasteiger partial charge on any atom is -0.407 e. The van der Waals surface area contributed by atoms with E-state index in [-0.39, 0.29) is 5.04 Å². The van der Waals surface area contributed by atoms with E-state index in [1.807, 2.05) is 0 Å². The van der Waals surface area contributed by atoms with Crippen molar-refractivity contribution in [2.24, 2.45) is 5.92 Å². The monoisotopic (exact) mass is 643 g/mol. The van der Waals surface area contributed by atoms with Gasteiger partial charge < -0.3 is 4.43 Å². The van der Waals surface area contributed by atoms with Gasteiger partial charge in [0.1, 0.15) is 0 Å². The van der Waals surface area contributed by atoms with Crippen molar-refractivity contribution in [1.29, 1.82) is 0 Å². The molecule has 1 aliphatic carbocycles. The molecular formula is C44H70OSi. The van der Waals surface area contributed by atoms with Crippen molar-refractivity contribution in [3.05, 3.63) is 84.5 Å². The minimum absolute atomic E-state index is 0.0524. The van der Waals surface area contributed by atoms with E-state index in [0.29, 0.717) is 0 Å². The molecule has 256 valence electrons. The maximum atomic E-state index is 7.04. The van der Waals surface area contributed by atoms with Crippen LogP contribution in [0.1, 0.15) is 163 Å². The molecule has 0 aromatic heterocycles. The first-order valence-electron chi connectivity index (χ1n) is 19.6. The average Bonchev–Trinajstić information content (AvgIpc) is 3.82. The van der Waals surface area contributed by atoms with Crippen LogP contribution in [0.25, 0.3) is 0 Å². The highest BCUT2D eigenvalue weighted by molar-refractivity contribution is 6.99. The van der Waals surface area contributed by atoms with Crippen LogP contribution in [0.3, 0.4) is 0 Å². The van der Waals surface area contributed by atoms with E-state index in [2.05, 4.69) is 107 Å². The number of allylic oxidation sites excluding steroid dienone is 4. The summed E-state index contributed by atoms with van der Waals surface area (Å²) in [6.07, 6.45) is 36.4. The van der Waals surface area contributed by atoms with Crippen LogP contribution in [0.2, 0.25) is 5.04 Å². The highest BCUT2D eigenvalue weighted by atomic mass is 28.4. The van der Waals surface area contributed by atoms with Gasteiger partial charge in [-0.15, -0.1) is 0 Å². The van der Waals surface area contributed by atoms with Crippen LogP contribution in [0.15, 0.2) is 84.5 Å². The van der Waals surface area contributed by atoms with E-state index >= 15 is 0 Å². The van der Waals surface area contributed by atoms with Crippen LogP contribution in [-0.4, -0.2) is 14.9 Å². The van der Waals surface area contributed by atoms with Gasteiger partial charge in [-0.3, -0.25) is 0 Å². The summed E-state index contributed by atoms with van der Waals surface area (Å²) in [5.74, 6) is 0.928. The van der Waals surface area contributed by atoms with Gasteiger partial charge in [0.15, 0.2) is 0 Å². The van der Waals surface area contributed by atoms with Crippen LogP contribution in [0.5, 0.6) is 0 Å². The van der Waals surface area contributed by atoms with Crippen molar-refractivity contribution in [2.75, 3.05) is 6.61 Å². The first-order chi connectivity index (χ1) is 22.5. The Kier molecular flexibility index (Phi) is 19.0. The van der Waals surface area contributed by atoms with Crippen molar-refractivity contribution in [3.8, 4) is 0 Å². The zero-order valence-electron chi connectivity index (χ0n) is 30.5. The molecule has 0 radical (unpaired) electrons. The first kappa shape index (κ1) is 38.5. The molecule has 0 heterocycles. The molecule has 2 aromatic carbocycles. The largest absolute Gasteiger partial charge is 0.407 e. The van der Waals surface area contributed by atoms with E-state index in [1.165, 1.54) is 132 Å². The van der Waals surface area contributed by atoms with Crippen molar-refractivity contribution in [1.82, 2.24) is 0 Å². The lowest BCUT2D eigenvalue weighted by Crippen LogP contribution is -2.66. The molecule has 46 heavy (non-hydrogen) atoms. The summed E-state index contributed by atoms with van der Waals surface area (Å²) < 4.78 is 7.04. The van der Waals surface area contributed by atoms with E-state index < -0.39 is 8.32 Å². The van der Waals surface area contributed by atoms with Gasteiger partial charge in [0.25, 0.3) is 8.32 Å². The summed E-state index contributed by atoms with van der Waals surface area (Å²) in [6.45, 7) is 10.2. The fourth-order valence-electron chi connectivity index (χ4n) is 7.30. The average molecular weight is 643 g/mol. The third-order valence-corrected chi connectivity index (χ3v) is 15.2. The number of benzene rings is 2.